The van der Waals surface area contributed by atoms with Gasteiger partial charge in [0.15, 0.2) is 0 Å². The Hall–Kier alpha value is -3.71. The van der Waals surface area contributed by atoms with E-state index >= 15 is 0 Å². The molecule has 0 bridgehead atoms. The van der Waals surface area contributed by atoms with Gasteiger partial charge in [-0.25, -0.2) is 9.37 Å². The molecule has 2 atom stereocenters. The molecule has 1 aromatic heterocycles. The summed E-state index contributed by atoms with van der Waals surface area (Å²) in [6, 6.07) is 7.16. The Morgan fingerprint density at radius 3 is 2.17 bits per heavy atom. The molecule has 3 aromatic rings. The topological polar surface area (TPSA) is 59.9 Å². The highest BCUT2D eigenvalue weighted by molar-refractivity contribution is 6.03. The van der Waals surface area contributed by atoms with Gasteiger partial charge in [0.1, 0.15) is 11.6 Å². The van der Waals surface area contributed by atoms with E-state index in [9.17, 15) is 40.6 Å². The van der Waals surface area contributed by atoms with E-state index in [-0.39, 0.29) is 30.4 Å². The number of aryl methyl sites for hydroxylation is 1. The van der Waals surface area contributed by atoms with Crippen molar-refractivity contribution in [1.29, 1.82) is 0 Å². The SMILES string of the molecule is Cc1cc(F)ccc1-c1cc(N2CC(CO)N3CCC[C@H]3C2)ncc1N(C)C(=O)C(C)(C)c1cc(C(F)(F)F)cc(C(F)(F)F)c1. The van der Waals surface area contributed by atoms with Gasteiger partial charge >= 0.3 is 12.4 Å². The minimum absolute atomic E-state index is 0.0264. The Balaban J connectivity index is 1.58. The van der Waals surface area contributed by atoms with E-state index in [2.05, 4.69) is 9.88 Å². The number of hydrogen-bond donors (Lipinski definition) is 1. The highest BCUT2D eigenvalue weighted by Crippen LogP contribution is 2.41. The number of halogens is 7. The summed E-state index contributed by atoms with van der Waals surface area (Å²) in [5.74, 6) is -0.702. The van der Waals surface area contributed by atoms with Crippen LogP contribution in [0.3, 0.4) is 0 Å². The Kier molecular flexibility index (Phi) is 8.88. The first-order valence-electron chi connectivity index (χ1n) is 14.9. The standard InChI is InChI=1S/C33H35F7N4O2/c1-19-10-23(34)7-8-26(19)27-14-29(43-16-24-6-5-9-44(24)25(17-43)18-45)41-15-28(27)42(4)30(46)31(2,3)20-11-21(32(35,36)37)13-22(12-20)33(38,39)40/h7-8,10-15,24-25,45H,5-6,9,16-18H2,1-4H3/t24-,25?/m0/s1. The number of pyridine rings is 1. The Labute approximate surface area is 262 Å². The van der Waals surface area contributed by atoms with Crippen LogP contribution in [0.4, 0.5) is 42.2 Å². The highest BCUT2D eigenvalue weighted by atomic mass is 19.4. The van der Waals surface area contributed by atoms with Crippen LogP contribution in [0.2, 0.25) is 0 Å². The number of piperazine rings is 1. The number of nitrogens with zero attached hydrogens (tertiary/aromatic N) is 4. The maximum absolute atomic E-state index is 14.1. The summed E-state index contributed by atoms with van der Waals surface area (Å²) in [4.78, 5) is 24.2. The molecule has 13 heteroatoms. The molecule has 2 aliphatic rings. The number of benzene rings is 2. The molecule has 2 aromatic carbocycles. The molecule has 0 saturated carbocycles. The smallest absolute Gasteiger partial charge is 0.395 e. The number of aliphatic hydroxyl groups is 1. The van der Waals surface area contributed by atoms with Crippen molar-refractivity contribution in [2.24, 2.45) is 0 Å². The minimum atomic E-state index is -5.08. The summed E-state index contributed by atoms with van der Waals surface area (Å²) in [6.45, 7) is 6.24. The number of amides is 1. The van der Waals surface area contributed by atoms with Crippen molar-refractivity contribution < 1.29 is 40.6 Å². The lowest BCUT2D eigenvalue weighted by Gasteiger charge is -2.43. The van der Waals surface area contributed by atoms with Crippen molar-refractivity contribution in [3.8, 4) is 11.1 Å². The van der Waals surface area contributed by atoms with Crippen LogP contribution in [0.25, 0.3) is 11.1 Å². The van der Waals surface area contributed by atoms with E-state index in [0.29, 0.717) is 47.7 Å². The monoisotopic (exact) mass is 652 g/mol. The summed E-state index contributed by atoms with van der Waals surface area (Å²) >= 11 is 0. The second-order valence-electron chi connectivity index (χ2n) is 12.6. The molecule has 6 nitrogen and oxygen atoms in total. The Morgan fingerprint density at radius 2 is 1.59 bits per heavy atom. The van der Waals surface area contributed by atoms with Crippen molar-refractivity contribution in [2.45, 2.75) is 63.5 Å². The molecule has 248 valence electrons. The van der Waals surface area contributed by atoms with Gasteiger partial charge in [-0.2, -0.15) is 26.3 Å². The van der Waals surface area contributed by atoms with Crippen LogP contribution in [0, 0.1) is 12.7 Å². The zero-order chi connectivity index (χ0) is 33.8. The van der Waals surface area contributed by atoms with Crippen LogP contribution < -0.4 is 9.80 Å². The Bertz CT molecular complexity index is 1590. The van der Waals surface area contributed by atoms with Gasteiger partial charge in [-0.15, -0.1) is 0 Å². The number of carbonyl (C=O) groups excluding carboxylic acids is 1. The summed E-state index contributed by atoms with van der Waals surface area (Å²) in [6.07, 6.45) is -6.74. The molecule has 2 fully saturated rings. The van der Waals surface area contributed by atoms with Gasteiger partial charge < -0.3 is 14.9 Å². The average molecular weight is 653 g/mol. The maximum Gasteiger partial charge on any atom is 0.416 e. The molecular formula is C33H35F7N4O2. The maximum atomic E-state index is 14.1. The van der Waals surface area contributed by atoms with E-state index in [0.717, 1.165) is 24.3 Å². The van der Waals surface area contributed by atoms with E-state index in [1.165, 1.54) is 39.2 Å². The number of alkyl halides is 6. The van der Waals surface area contributed by atoms with E-state index in [4.69, 9.17) is 0 Å². The molecular weight excluding hydrogens is 617 g/mol. The summed E-state index contributed by atoms with van der Waals surface area (Å²) in [5, 5.41) is 10.1. The van der Waals surface area contributed by atoms with Crippen molar-refractivity contribution in [1.82, 2.24) is 9.88 Å². The predicted molar refractivity (Wildman–Crippen MR) is 160 cm³/mol. The van der Waals surface area contributed by atoms with Crippen LogP contribution in [-0.4, -0.2) is 66.3 Å². The second kappa shape index (κ2) is 12.1. The number of hydrogen-bond acceptors (Lipinski definition) is 5. The van der Waals surface area contributed by atoms with E-state index in [1.54, 1.807) is 19.1 Å². The zero-order valence-corrected chi connectivity index (χ0v) is 25.8. The third kappa shape index (κ3) is 6.44. The molecule has 2 saturated heterocycles. The largest absolute Gasteiger partial charge is 0.416 e. The number of anilines is 2. The fourth-order valence-electron chi connectivity index (χ4n) is 6.56. The number of carbonyl (C=O) groups is 1. The summed E-state index contributed by atoms with van der Waals surface area (Å²) in [7, 11) is 1.38. The molecule has 2 aliphatic heterocycles. The predicted octanol–water partition coefficient (Wildman–Crippen LogP) is 6.82. The van der Waals surface area contributed by atoms with Crippen molar-refractivity contribution in [3.63, 3.8) is 0 Å². The fourth-order valence-corrected chi connectivity index (χ4v) is 6.56. The molecule has 5 rings (SSSR count). The molecule has 0 radical (unpaired) electrons. The third-order valence-corrected chi connectivity index (χ3v) is 9.15. The van der Waals surface area contributed by atoms with Gasteiger partial charge in [0, 0.05) is 31.7 Å². The molecule has 1 N–H and O–H groups in total. The summed E-state index contributed by atoms with van der Waals surface area (Å²) in [5.41, 5.74) is -3.51. The third-order valence-electron chi connectivity index (χ3n) is 9.15. The number of fused-ring (bicyclic) bond motifs is 1. The second-order valence-corrected chi connectivity index (χ2v) is 12.6. The Morgan fingerprint density at radius 1 is 0.957 bits per heavy atom. The quantitative estimate of drug-likeness (QED) is 0.297. The molecule has 0 spiro atoms. The molecule has 46 heavy (non-hydrogen) atoms. The van der Waals surface area contributed by atoms with Crippen LogP contribution in [0.15, 0.2) is 48.7 Å². The first-order chi connectivity index (χ1) is 21.4. The van der Waals surface area contributed by atoms with Crippen LogP contribution in [0.1, 0.15) is 48.9 Å². The number of rotatable bonds is 6. The van der Waals surface area contributed by atoms with Gasteiger partial charge in [0.05, 0.1) is 41.1 Å². The lowest BCUT2D eigenvalue weighted by molar-refractivity contribution is -0.143. The lowest BCUT2D eigenvalue weighted by Crippen LogP contribution is -2.57. The first-order valence-corrected chi connectivity index (χ1v) is 14.9. The van der Waals surface area contributed by atoms with E-state index < -0.39 is 46.2 Å². The van der Waals surface area contributed by atoms with Crippen LogP contribution in [-0.2, 0) is 22.6 Å². The van der Waals surface area contributed by atoms with Gasteiger partial charge in [-0.1, -0.05) is 6.07 Å². The first kappa shape index (κ1) is 33.6. The fraction of sp³-hybridized carbons (Fsp3) is 0.455. The van der Waals surface area contributed by atoms with Crippen molar-refractivity contribution >= 4 is 17.4 Å². The van der Waals surface area contributed by atoms with Gasteiger partial charge in [0.25, 0.3) is 0 Å². The molecule has 1 amide bonds. The molecule has 0 aliphatic carbocycles. The minimum Gasteiger partial charge on any atom is -0.395 e. The average Bonchev–Trinajstić information content (AvgIpc) is 3.47. The highest BCUT2D eigenvalue weighted by Gasteiger charge is 2.42. The number of aliphatic hydroxyl groups excluding tert-OH is 1. The number of aromatic nitrogens is 1. The molecule has 1 unspecified atom stereocenters. The lowest BCUT2D eigenvalue weighted by atomic mass is 9.81. The van der Waals surface area contributed by atoms with Gasteiger partial charge in [0.2, 0.25) is 5.91 Å². The van der Waals surface area contributed by atoms with Crippen molar-refractivity contribution in [2.75, 3.05) is 43.1 Å². The van der Waals surface area contributed by atoms with Crippen molar-refractivity contribution in [3.05, 3.63) is 76.7 Å². The zero-order valence-electron chi connectivity index (χ0n) is 25.8. The van der Waals surface area contributed by atoms with Crippen LogP contribution in [0.5, 0.6) is 0 Å². The van der Waals surface area contributed by atoms with E-state index in [1.807, 2.05) is 4.90 Å². The molecule has 3 heterocycles. The van der Waals surface area contributed by atoms with Crippen LogP contribution >= 0.6 is 0 Å². The summed E-state index contributed by atoms with van der Waals surface area (Å²) < 4.78 is 96.0. The van der Waals surface area contributed by atoms with Gasteiger partial charge in [-0.3, -0.25) is 9.69 Å². The normalized spacial score (nSPS) is 19.3. The van der Waals surface area contributed by atoms with Gasteiger partial charge in [-0.05, 0) is 93.2 Å². The number of likely N-dealkylation sites (N-methyl/N-ethyl adjacent to an activating group) is 1.